The summed E-state index contributed by atoms with van der Waals surface area (Å²) in [4.78, 5) is 0. The first-order valence-electron chi connectivity index (χ1n) is 6.36. The molecule has 2 atom stereocenters. The topological polar surface area (TPSA) is 60.4 Å². The van der Waals surface area contributed by atoms with E-state index in [-0.39, 0.29) is 12.1 Å². The largest absolute Gasteiger partial charge is 0.459 e. The smallest absolute Gasteiger partial charge is 0.134 e. The second kappa shape index (κ2) is 4.72. The number of rotatable bonds is 3. The molecule has 18 heavy (non-hydrogen) atoms. The molecule has 0 amide bonds. The number of aryl methyl sites for hydroxylation is 1. The fourth-order valence-corrected chi connectivity index (χ4v) is 2.57. The number of hydrazine groups is 1. The fourth-order valence-electron chi connectivity index (χ4n) is 2.57. The highest BCUT2D eigenvalue weighted by atomic mass is 16.5. The van der Waals surface area contributed by atoms with Crippen LogP contribution in [0.2, 0.25) is 0 Å². The van der Waals surface area contributed by atoms with Gasteiger partial charge in [0.15, 0.2) is 0 Å². The summed E-state index contributed by atoms with van der Waals surface area (Å²) < 4.78 is 11.5. The molecule has 0 spiro atoms. The molecule has 1 aromatic heterocycles. The Balaban J connectivity index is 1.96. The number of benzene rings is 1. The number of hydrogen-bond acceptors (Lipinski definition) is 4. The molecule has 4 nitrogen and oxygen atoms in total. The van der Waals surface area contributed by atoms with Gasteiger partial charge in [0.25, 0.3) is 0 Å². The van der Waals surface area contributed by atoms with Gasteiger partial charge < -0.3 is 9.15 Å². The van der Waals surface area contributed by atoms with Crippen molar-refractivity contribution >= 4 is 11.0 Å². The molecule has 1 aliphatic heterocycles. The minimum Gasteiger partial charge on any atom is -0.459 e. The molecule has 0 aliphatic carbocycles. The molecule has 1 saturated heterocycles. The highest BCUT2D eigenvalue weighted by molar-refractivity contribution is 5.78. The van der Waals surface area contributed by atoms with E-state index in [4.69, 9.17) is 15.0 Å². The summed E-state index contributed by atoms with van der Waals surface area (Å²) in [5, 5.41) is 1.11. The molecule has 2 heterocycles. The van der Waals surface area contributed by atoms with E-state index in [1.165, 1.54) is 5.56 Å². The van der Waals surface area contributed by atoms with Crippen molar-refractivity contribution in [1.29, 1.82) is 0 Å². The van der Waals surface area contributed by atoms with Crippen LogP contribution in [0.1, 0.15) is 30.2 Å². The summed E-state index contributed by atoms with van der Waals surface area (Å²) in [7, 11) is 0. The molecule has 1 aliphatic rings. The van der Waals surface area contributed by atoms with Crippen LogP contribution in [0.25, 0.3) is 11.0 Å². The number of furan rings is 1. The van der Waals surface area contributed by atoms with Gasteiger partial charge in [0, 0.05) is 12.0 Å². The Labute approximate surface area is 106 Å². The highest BCUT2D eigenvalue weighted by Crippen LogP contribution is 2.30. The van der Waals surface area contributed by atoms with E-state index in [2.05, 4.69) is 24.5 Å². The van der Waals surface area contributed by atoms with Gasteiger partial charge in [-0.2, -0.15) is 0 Å². The summed E-state index contributed by atoms with van der Waals surface area (Å²) in [5.41, 5.74) is 4.94. The normalized spacial score (nSPS) is 21.6. The van der Waals surface area contributed by atoms with Crippen LogP contribution in [0, 0.1) is 6.92 Å². The summed E-state index contributed by atoms with van der Waals surface area (Å²) in [6, 6.07) is 8.14. The molecular weight excluding hydrogens is 228 g/mol. The zero-order valence-electron chi connectivity index (χ0n) is 10.5. The van der Waals surface area contributed by atoms with Gasteiger partial charge >= 0.3 is 0 Å². The van der Waals surface area contributed by atoms with Crippen molar-refractivity contribution in [2.45, 2.75) is 31.9 Å². The van der Waals surface area contributed by atoms with Gasteiger partial charge in [0.05, 0.1) is 6.10 Å². The SMILES string of the molecule is Cc1ccc2oc(C(NN)C3CCCO3)cc2c1. The molecule has 96 valence electrons. The van der Waals surface area contributed by atoms with Gasteiger partial charge in [0.2, 0.25) is 0 Å². The number of hydrogen-bond donors (Lipinski definition) is 2. The molecular formula is C14H18N2O2. The van der Waals surface area contributed by atoms with Crippen LogP contribution in [0.3, 0.4) is 0 Å². The lowest BCUT2D eigenvalue weighted by Gasteiger charge is -2.19. The van der Waals surface area contributed by atoms with Gasteiger partial charge in [-0.1, -0.05) is 11.6 Å². The number of ether oxygens (including phenoxy) is 1. The first kappa shape index (κ1) is 11.7. The molecule has 3 rings (SSSR count). The van der Waals surface area contributed by atoms with Gasteiger partial charge in [-0.25, -0.2) is 5.43 Å². The molecule has 4 heteroatoms. The van der Waals surface area contributed by atoms with E-state index in [1.807, 2.05) is 12.1 Å². The number of nitrogens with two attached hydrogens (primary N) is 1. The Morgan fingerprint density at radius 2 is 2.28 bits per heavy atom. The zero-order chi connectivity index (χ0) is 12.5. The maximum Gasteiger partial charge on any atom is 0.134 e. The molecule has 0 radical (unpaired) electrons. The number of nitrogens with one attached hydrogen (secondary N) is 1. The molecule has 0 saturated carbocycles. The monoisotopic (exact) mass is 246 g/mol. The Bertz CT molecular complexity index is 544. The maximum absolute atomic E-state index is 5.87. The predicted molar refractivity (Wildman–Crippen MR) is 70.0 cm³/mol. The van der Waals surface area contributed by atoms with Gasteiger partial charge in [0.1, 0.15) is 17.4 Å². The first-order valence-corrected chi connectivity index (χ1v) is 6.36. The maximum atomic E-state index is 5.87. The molecule has 3 N–H and O–H groups in total. The molecule has 1 aromatic carbocycles. The Kier molecular flexibility index (Phi) is 3.07. The van der Waals surface area contributed by atoms with E-state index in [0.717, 1.165) is 36.2 Å². The summed E-state index contributed by atoms with van der Waals surface area (Å²) >= 11 is 0. The second-order valence-corrected chi connectivity index (χ2v) is 4.89. The van der Waals surface area contributed by atoms with Crippen molar-refractivity contribution in [2.24, 2.45) is 5.84 Å². The van der Waals surface area contributed by atoms with Crippen LogP contribution in [-0.2, 0) is 4.74 Å². The average Bonchev–Trinajstić information content (AvgIpc) is 2.98. The lowest BCUT2D eigenvalue weighted by molar-refractivity contribution is 0.0718. The van der Waals surface area contributed by atoms with E-state index < -0.39 is 0 Å². The third-order valence-electron chi connectivity index (χ3n) is 3.51. The zero-order valence-corrected chi connectivity index (χ0v) is 10.5. The minimum atomic E-state index is -0.0693. The highest BCUT2D eigenvalue weighted by Gasteiger charge is 2.29. The van der Waals surface area contributed by atoms with Crippen molar-refractivity contribution in [2.75, 3.05) is 6.61 Å². The van der Waals surface area contributed by atoms with Crippen molar-refractivity contribution in [3.05, 3.63) is 35.6 Å². The summed E-state index contributed by atoms with van der Waals surface area (Å²) in [5.74, 6) is 6.50. The van der Waals surface area contributed by atoms with Crippen LogP contribution in [0.5, 0.6) is 0 Å². The average molecular weight is 246 g/mol. The van der Waals surface area contributed by atoms with Crippen molar-refractivity contribution < 1.29 is 9.15 Å². The van der Waals surface area contributed by atoms with Crippen LogP contribution in [0.15, 0.2) is 28.7 Å². The van der Waals surface area contributed by atoms with Gasteiger partial charge in [-0.3, -0.25) is 5.84 Å². The number of fused-ring (bicyclic) bond motifs is 1. The quantitative estimate of drug-likeness (QED) is 0.645. The van der Waals surface area contributed by atoms with Crippen LogP contribution in [-0.4, -0.2) is 12.7 Å². The van der Waals surface area contributed by atoms with Crippen LogP contribution in [0.4, 0.5) is 0 Å². The van der Waals surface area contributed by atoms with Crippen LogP contribution < -0.4 is 11.3 Å². The third-order valence-corrected chi connectivity index (χ3v) is 3.51. The standard InChI is InChI=1S/C14H18N2O2/c1-9-4-5-11-10(7-9)8-13(18-11)14(16-15)12-3-2-6-17-12/h4-5,7-8,12,14,16H,2-3,6,15H2,1H3. The third kappa shape index (κ3) is 2.03. The fraction of sp³-hybridized carbons (Fsp3) is 0.429. The molecule has 2 unspecified atom stereocenters. The van der Waals surface area contributed by atoms with Gasteiger partial charge in [-0.05, 0) is 38.0 Å². The Hall–Kier alpha value is -1.36. The first-order chi connectivity index (χ1) is 8.78. The molecule has 1 fully saturated rings. The van der Waals surface area contributed by atoms with Crippen LogP contribution >= 0.6 is 0 Å². The predicted octanol–water partition coefficient (Wildman–Crippen LogP) is 2.42. The molecule has 0 bridgehead atoms. The Morgan fingerprint density at radius 1 is 1.39 bits per heavy atom. The lowest BCUT2D eigenvalue weighted by atomic mass is 10.1. The Morgan fingerprint density at radius 3 is 3.00 bits per heavy atom. The van der Waals surface area contributed by atoms with E-state index in [1.54, 1.807) is 0 Å². The van der Waals surface area contributed by atoms with E-state index in [0.29, 0.717) is 0 Å². The summed E-state index contributed by atoms with van der Waals surface area (Å²) in [6.45, 7) is 2.88. The second-order valence-electron chi connectivity index (χ2n) is 4.89. The van der Waals surface area contributed by atoms with E-state index in [9.17, 15) is 0 Å². The lowest BCUT2D eigenvalue weighted by Crippen LogP contribution is -2.36. The van der Waals surface area contributed by atoms with E-state index >= 15 is 0 Å². The van der Waals surface area contributed by atoms with Crippen molar-refractivity contribution in [1.82, 2.24) is 5.43 Å². The molecule has 2 aromatic rings. The van der Waals surface area contributed by atoms with Gasteiger partial charge in [-0.15, -0.1) is 0 Å². The summed E-state index contributed by atoms with van der Waals surface area (Å²) in [6.07, 6.45) is 2.21. The van der Waals surface area contributed by atoms with Crippen molar-refractivity contribution in [3.8, 4) is 0 Å². The minimum absolute atomic E-state index is 0.0693. The van der Waals surface area contributed by atoms with Crippen molar-refractivity contribution in [3.63, 3.8) is 0 Å².